The minimum Gasteiger partial charge on any atom is -0.388 e. The van der Waals surface area contributed by atoms with Gasteiger partial charge in [-0.25, -0.2) is 0 Å². The Morgan fingerprint density at radius 2 is 2.14 bits per heavy atom. The number of aliphatic hydroxyl groups is 1. The number of likely N-dealkylation sites (N-methyl/N-ethyl adjacent to an activating group) is 1. The van der Waals surface area contributed by atoms with E-state index < -0.39 is 0 Å². The number of hydrogen-bond acceptors (Lipinski definition) is 5. The standard InChI is InChI=1S/C15H27N3O3/c1-6-7-8-18(5)15(3,4)10-16-14(20)13-11(2)12(9-19)21-17-13/h19H,6-10H2,1-5H3,(H,16,20). The molecule has 0 radical (unpaired) electrons. The molecule has 0 saturated heterocycles. The van der Waals surface area contributed by atoms with E-state index in [1.54, 1.807) is 6.92 Å². The molecule has 1 rings (SSSR count). The lowest BCUT2D eigenvalue weighted by atomic mass is 10.0. The molecule has 0 unspecified atom stereocenters. The second-order valence-electron chi connectivity index (χ2n) is 6.01. The second kappa shape index (κ2) is 7.56. The molecule has 0 spiro atoms. The summed E-state index contributed by atoms with van der Waals surface area (Å²) in [5.41, 5.74) is 0.695. The maximum atomic E-state index is 12.1. The molecule has 120 valence electrons. The maximum Gasteiger partial charge on any atom is 0.273 e. The molecule has 0 saturated carbocycles. The van der Waals surface area contributed by atoms with Gasteiger partial charge in [0, 0.05) is 17.6 Å². The fourth-order valence-corrected chi connectivity index (χ4v) is 1.94. The molecule has 0 fully saturated rings. The minimum atomic E-state index is -0.270. The Bertz CT molecular complexity index is 469. The average molecular weight is 297 g/mol. The van der Waals surface area contributed by atoms with Gasteiger partial charge in [-0.3, -0.25) is 9.69 Å². The number of nitrogens with one attached hydrogen (secondary N) is 1. The number of carbonyl (C=O) groups is 1. The van der Waals surface area contributed by atoms with Crippen molar-refractivity contribution in [3.8, 4) is 0 Å². The summed E-state index contributed by atoms with van der Waals surface area (Å²) in [6.07, 6.45) is 2.28. The van der Waals surface area contributed by atoms with Crippen LogP contribution in [0.25, 0.3) is 0 Å². The molecule has 0 aromatic carbocycles. The zero-order valence-electron chi connectivity index (χ0n) is 13.7. The first kappa shape index (κ1) is 17.7. The third kappa shape index (κ3) is 4.54. The molecule has 0 atom stereocenters. The van der Waals surface area contributed by atoms with Crippen molar-refractivity contribution >= 4 is 5.91 Å². The summed E-state index contributed by atoms with van der Waals surface area (Å²) in [5, 5.41) is 15.7. The van der Waals surface area contributed by atoms with E-state index in [4.69, 9.17) is 9.63 Å². The minimum absolute atomic E-state index is 0.137. The molecular weight excluding hydrogens is 270 g/mol. The summed E-state index contributed by atoms with van der Waals surface area (Å²) in [7, 11) is 2.06. The van der Waals surface area contributed by atoms with Crippen LogP contribution in [0.15, 0.2) is 4.52 Å². The molecule has 0 bridgehead atoms. The SMILES string of the molecule is CCCCN(C)C(C)(C)CNC(=O)c1noc(CO)c1C. The Morgan fingerprint density at radius 1 is 1.48 bits per heavy atom. The first-order valence-corrected chi connectivity index (χ1v) is 7.39. The van der Waals surface area contributed by atoms with Crippen LogP contribution in [0.4, 0.5) is 0 Å². The van der Waals surface area contributed by atoms with Gasteiger partial charge in [0.25, 0.3) is 5.91 Å². The topological polar surface area (TPSA) is 78.6 Å². The molecule has 0 aliphatic carbocycles. The van der Waals surface area contributed by atoms with Gasteiger partial charge >= 0.3 is 0 Å². The van der Waals surface area contributed by atoms with Gasteiger partial charge in [0.2, 0.25) is 0 Å². The van der Waals surface area contributed by atoms with Crippen molar-refractivity contribution in [1.29, 1.82) is 0 Å². The highest BCUT2D eigenvalue weighted by molar-refractivity contribution is 5.93. The van der Waals surface area contributed by atoms with E-state index in [-0.39, 0.29) is 23.7 Å². The molecule has 1 aromatic heterocycles. The predicted octanol–water partition coefficient (Wildman–Crippen LogP) is 1.72. The van der Waals surface area contributed by atoms with Gasteiger partial charge in [-0.05, 0) is 40.8 Å². The van der Waals surface area contributed by atoms with E-state index in [0.29, 0.717) is 17.9 Å². The van der Waals surface area contributed by atoms with Gasteiger partial charge in [-0.1, -0.05) is 18.5 Å². The largest absolute Gasteiger partial charge is 0.388 e. The van der Waals surface area contributed by atoms with Crippen molar-refractivity contribution in [1.82, 2.24) is 15.4 Å². The monoisotopic (exact) mass is 297 g/mol. The Kier molecular flexibility index (Phi) is 6.36. The van der Waals surface area contributed by atoms with Crippen LogP contribution in [0.1, 0.15) is 55.4 Å². The van der Waals surface area contributed by atoms with E-state index in [2.05, 4.69) is 43.2 Å². The summed E-state index contributed by atoms with van der Waals surface area (Å²) in [6.45, 7) is 9.33. The average Bonchev–Trinajstić information content (AvgIpc) is 2.83. The van der Waals surface area contributed by atoms with E-state index >= 15 is 0 Å². The number of unbranched alkanes of at least 4 members (excludes halogenated alkanes) is 1. The summed E-state index contributed by atoms with van der Waals surface area (Å²) < 4.78 is 4.93. The molecule has 21 heavy (non-hydrogen) atoms. The molecular formula is C15H27N3O3. The van der Waals surface area contributed by atoms with Crippen LogP contribution in [0, 0.1) is 6.92 Å². The zero-order chi connectivity index (χ0) is 16.0. The van der Waals surface area contributed by atoms with Crippen LogP contribution >= 0.6 is 0 Å². The second-order valence-corrected chi connectivity index (χ2v) is 6.01. The molecule has 0 aliphatic heterocycles. The first-order chi connectivity index (χ1) is 9.83. The van der Waals surface area contributed by atoms with Crippen molar-refractivity contribution < 1.29 is 14.4 Å². The first-order valence-electron chi connectivity index (χ1n) is 7.39. The Balaban J connectivity index is 2.60. The Hall–Kier alpha value is -1.40. The maximum absolute atomic E-state index is 12.1. The highest BCUT2D eigenvalue weighted by Crippen LogP contribution is 2.15. The van der Waals surface area contributed by atoms with E-state index in [1.807, 2.05) is 0 Å². The lowest BCUT2D eigenvalue weighted by Crippen LogP contribution is -2.50. The molecule has 1 amide bonds. The van der Waals surface area contributed by atoms with Gasteiger partial charge in [-0.2, -0.15) is 0 Å². The van der Waals surface area contributed by atoms with Gasteiger partial charge in [0.1, 0.15) is 6.61 Å². The van der Waals surface area contributed by atoms with Crippen LogP contribution in [-0.4, -0.2) is 46.7 Å². The summed E-state index contributed by atoms with van der Waals surface area (Å²) >= 11 is 0. The van der Waals surface area contributed by atoms with E-state index in [1.165, 1.54) is 0 Å². The number of nitrogens with zero attached hydrogens (tertiary/aromatic N) is 2. The molecule has 1 heterocycles. The molecule has 6 nitrogen and oxygen atoms in total. The third-order valence-corrected chi connectivity index (χ3v) is 3.94. The van der Waals surface area contributed by atoms with Crippen molar-refractivity contribution in [2.24, 2.45) is 0 Å². The van der Waals surface area contributed by atoms with Crippen LogP contribution in [0.2, 0.25) is 0 Å². The van der Waals surface area contributed by atoms with Crippen molar-refractivity contribution in [2.45, 2.75) is 52.7 Å². The number of amides is 1. The quantitative estimate of drug-likeness (QED) is 0.764. The third-order valence-electron chi connectivity index (χ3n) is 3.94. The number of aromatic nitrogens is 1. The highest BCUT2D eigenvalue weighted by atomic mass is 16.5. The number of aliphatic hydroxyl groups excluding tert-OH is 1. The number of hydrogen-bond donors (Lipinski definition) is 2. The van der Waals surface area contributed by atoms with Crippen LogP contribution in [0.5, 0.6) is 0 Å². The van der Waals surface area contributed by atoms with Crippen molar-refractivity contribution in [2.75, 3.05) is 20.1 Å². The van der Waals surface area contributed by atoms with E-state index in [0.717, 1.165) is 19.4 Å². The highest BCUT2D eigenvalue weighted by Gasteiger charge is 2.25. The van der Waals surface area contributed by atoms with Crippen LogP contribution in [0.3, 0.4) is 0 Å². The molecule has 6 heteroatoms. The fraction of sp³-hybridized carbons (Fsp3) is 0.733. The van der Waals surface area contributed by atoms with Crippen molar-refractivity contribution in [3.63, 3.8) is 0 Å². The van der Waals surface area contributed by atoms with Gasteiger partial charge < -0.3 is 14.9 Å². The van der Waals surface area contributed by atoms with E-state index in [9.17, 15) is 4.79 Å². The van der Waals surface area contributed by atoms with Gasteiger partial charge in [0.15, 0.2) is 11.5 Å². The Morgan fingerprint density at radius 3 is 2.67 bits per heavy atom. The normalized spacial score (nSPS) is 12.0. The smallest absolute Gasteiger partial charge is 0.273 e. The van der Waals surface area contributed by atoms with Gasteiger partial charge in [0.05, 0.1) is 0 Å². The van der Waals surface area contributed by atoms with Crippen molar-refractivity contribution in [3.05, 3.63) is 17.0 Å². The molecule has 0 aliphatic rings. The van der Waals surface area contributed by atoms with Gasteiger partial charge in [-0.15, -0.1) is 0 Å². The molecule has 2 N–H and O–H groups in total. The predicted molar refractivity (Wildman–Crippen MR) is 81.1 cm³/mol. The molecule has 1 aromatic rings. The Labute approximate surface area is 126 Å². The zero-order valence-corrected chi connectivity index (χ0v) is 13.7. The van der Waals surface area contributed by atoms with Crippen LogP contribution < -0.4 is 5.32 Å². The summed E-state index contributed by atoms with van der Waals surface area (Å²) in [4.78, 5) is 14.4. The number of rotatable bonds is 8. The summed E-state index contributed by atoms with van der Waals surface area (Å²) in [5.74, 6) is 0.0624. The van der Waals surface area contributed by atoms with Crippen LogP contribution in [-0.2, 0) is 6.61 Å². The lowest BCUT2D eigenvalue weighted by molar-refractivity contribution is 0.0893. The fourth-order valence-electron chi connectivity index (χ4n) is 1.94. The number of carbonyl (C=O) groups excluding carboxylic acids is 1. The lowest BCUT2D eigenvalue weighted by Gasteiger charge is -2.35. The summed E-state index contributed by atoms with van der Waals surface area (Å²) in [6, 6.07) is 0.